The second-order valence-electron chi connectivity index (χ2n) is 6.09. The van der Waals surface area contributed by atoms with E-state index in [0.29, 0.717) is 0 Å². The Morgan fingerprint density at radius 3 is 1.86 bits per heavy atom. The molecule has 0 radical (unpaired) electrons. The van der Waals surface area contributed by atoms with Gasteiger partial charge in [0.05, 0.1) is 0 Å². The molecule has 0 N–H and O–H groups in total. The number of hydrogen-bond donors (Lipinski definition) is 0. The van der Waals surface area contributed by atoms with Crippen LogP contribution in [0.2, 0.25) is 18.3 Å². The van der Waals surface area contributed by atoms with Crippen LogP contribution in [-0.2, 0) is 0 Å². The molecule has 120 valence electrons. The third-order valence-electron chi connectivity index (χ3n) is 4.44. The molecule has 0 aliphatic carbocycles. The standard InChI is InChI=1S/C5H2ClFN.3C4H9.Sn/c6-4-2-1-3-8-5(4)7;3*1-3-4-2;/h2-3H;3*1,3-4H2,2H3;. The van der Waals surface area contributed by atoms with Crippen molar-refractivity contribution >= 4 is 33.6 Å². The van der Waals surface area contributed by atoms with E-state index in [1.807, 2.05) is 6.07 Å². The van der Waals surface area contributed by atoms with Gasteiger partial charge in [0.2, 0.25) is 0 Å². The molecular weight excluding hydrogens is 391 g/mol. The Hall–Kier alpha value is 0.169. The molecule has 1 nitrogen and oxygen atoms in total. The molecule has 4 heteroatoms. The Bertz CT molecular complexity index is 403. The van der Waals surface area contributed by atoms with Gasteiger partial charge < -0.3 is 0 Å². The molecule has 0 aliphatic rings. The van der Waals surface area contributed by atoms with Crippen molar-refractivity contribution < 1.29 is 4.39 Å². The fraction of sp³-hybridized carbons (Fsp3) is 0.706. The molecule has 0 saturated heterocycles. The van der Waals surface area contributed by atoms with Crippen LogP contribution in [0.25, 0.3) is 0 Å². The van der Waals surface area contributed by atoms with Crippen molar-refractivity contribution in [3.05, 3.63) is 23.2 Å². The van der Waals surface area contributed by atoms with Crippen molar-refractivity contribution in [1.82, 2.24) is 4.98 Å². The number of nitrogens with zero attached hydrogens (tertiary/aromatic N) is 1. The van der Waals surface area contributed by atoms with Crippen LogP contribution in [0.15, 0.2) is 12.3 Å². The predicted octanol–water partition coefficient (Wildman–Crippen LogP) is 5.93. The Morgan fingerprint density at radius 1 is 1.00 bits per heavy atom. The maximum absolute atomic E-state index is 13.4. The zero-order valence-corrected chi connectivity index (χ0v) is 17.3. The molecule has 0 saturated carbocycles. The summed E-state index contributed by atoms with van der Waals surface area (Å²) < 4.78 is 18.8. The molecule has 0 bridgehead atoms. The zero-order valence-electron chi connectivity index (χ0n) is 13.7. The van der Waals surface area contributed by atoms with Crippen LogP contribution in [0.4, 0.5) is 4.39 Å². The summed E-state index contributed by atoms with van der Waals surface area (Å²) in [5.74, 6) is -0.526. The van der Waals surface area contributed by atoms with Gasteiger partial charge in [-0.25, -0.2) is 0 Å². The van der Waals surface area contributed by atoms with Gasteiger partial charge in [0.1, 0.15) is 0 Å². The van der Waals surface area contributed by atoms with E-state index < -0.39 is 24.3 Å². The average Bonchev–Trinajstić information content (AvgIpc) is 2.50. The minimum atomic E-state index is -2.48. The molecular formula is C17H29ClFNSn. The number of halogens is 2. The molecule has 0 spiro atoms. The van der Waals surface area contributed by atoms with Crippen LogP contribution < -0.4 is 3.58 Å². The van der Waals surface area contributed by atoms with Crippen molar-refractivity contribution in [1.29, 1.82) is 0 Å². The van der Waals surface area contributed by atoms with Gasteiger partial charge in [-0.05, 0) is 0 Å². The van der Waals surface area contributed by atoms with E-state index in [1.165, 1.54) is 55.4 Å². The van der Waals surface area contributed by atoms with Crippen molar-refractivity contribution in [3.8, 4) is 0 Å². The molecule has 1 rings (SSSR count). The van der Waals surface area contributed by atoms with Gasteiger partial charge in [0.25, 0.3) is 0 Å². The molecule has 1 heterocycles. The fourth-order valence-electron chi connectivity index (χ4n) is 3.06. The normalized spacial score (nSPS) is 11.9. The summed E-state index contributed by atoms with van der Waals surface area (Å²) in [4.78, 5) is 3.92. The van der Waals surface area contributed by atoms with Crippen molar-refractivity contribution in [2.24, 2.45) is 0 Å². The third kappa shape index (κ3) is 5.70. The van der Waals surface area contributed by atoms with E-state index in [9.17, 15) is 4.39 Å². The monoisotopic (exact) mass is 421 g/mol. The summed E-state index contributed by atoms with van der Waals surface area (Å²) in [5, 5.41) is 0.207. The van der Waals surface area contributed by atoms with Gasteiger partial charge in [-0.15, -0.1) is 0 Å². The summed E-state index contributed by atoms with van der Waals surface area (Å²) in [5.41, 5.74) is 0. The van der Waals surface area contributed by atoms with Crippen LogP contribution in [0.1, 0.15) is 59.3 Å². The SMILES string of the molecule is CCC[CH2][Sn]([CH2]CCC)([CH2]CCC)[c]1cnc(F)c(Cl)c1. The molecule has 0 amide bonds. The van der Waals surface area contributed by atoms with E-state index in [4.69, 9.17) is 11.6 Å². The topological polar surface area (TPSA) is 12.9 Å². The van der Waals surface area contributed by atoms with Gasteiger partial charge in [0, 0.05) is 0 Å². The first-order chi connectivity index (χ1) is 10.1. The second-order valence-corrected chi connectivity index (χ2v) is 19.7. The van der Waals surface area contributed by atoms with Gasteiger partial charge in [-0.1, -0.05) is 0 Å². The van der Waals surface area contributed by atoms with Gasteiger partial charge in [0.15, 0.2) is 0 Å². The fourth-order valence-corrected chi connectivity index (χ4v) is 19.2. The Balaban J connectivity index is 3.12. The summed E-state index contributed by atoms with van der Waals surface area (Å²) in [6, 6.07) is 1.90. The van der Waals surface area contributed by atoms with E-state index in [2.05, 4.69) is 25.8 Å². The minimum absolute atomic E-state index is 0.207. The number of rotatable bonds is 10. The van der Waals surface area contributed by atoms with Crippen molar-refractivity contribution in [2.45, 2.75) is 72.6 Å². The summed E-state index contributed by atoms with van der Waals surface area (Å²) >= 11 is 3.54. The first kappa shape index (κ1) is 19.2. The Morgan fingerprint density at radius 2 is 1.48 bits per heavy atom. The number of hydrogen-bond acceptors (Lipinski definition) is 1. The van der Waals surface area contributed by atoms with Gasteiger partial charge >= 0.3 is 139 Å². The van der Waals surface area contributed by atoms with Crippen LogP contribution in [0, 0.1) is 5.95 Å². The van der Waals surface area contributed by atoms with Gasteiger partial charge in [-0.2, -0.15) is 0 Å². The molecule has 1 aromatic rings. The van der Waals surface area contributed by atoms with E-state index >= 15 is 0 Å². The van der Waals surface area contributed by atoms with Crippen LogP contribution in [0.3, 0.4) is 0 Å². The number of pyridine rings is 1. The number of unbranched alkanes of at least 4 members (excludes halogenated alkanes) is 3. The molecule has 0 unspecified atom stereocenters. The van der Waals surface area contributed by atoms with E-state index in [0.717, 1.165) is 0 Å². The van der Waals surface area contributed by atoms with Crippen LogP contribution >= 0.6 is 11.6 Å². The predicted molar refractivity (Wildman–Crippen MR) is 93.7 cm³/mol. The molecule has 0 atom stereocenters. The zero-order chi connectivity index (χ0) is 15.7. The van der Waals surface area contributed by atoms with E-state index in [1.54, 1.807) is 6.20 Å². The molecule has 21 heavy (non-hydrogen) atoms. The Labute approximate surface area is 138 Å². The molecule has 0 fully saturated rings. The summed E-state index contributed by atoms with van der Waals surface area (Å²) in [6.07, 6.45) is 9.38. The molecule has 0 aromatic carbocycles. The van der Waals surface area contributed by atoms with Crippen molar-refractivity contribution in [2.75, 3.05) is 0 Å². The van der Waals surface area contributed by atoms with Gasteiger partial charge in [-0.3, -0.25) is 0 Å². The quantitative estimate of drug-likeness (QED) is 0.338. The van der Waals surface area contributed by atoms with Crippen LogP contribution in [0.5, 0.6) is 0 Å². The molecule has 0 aliphatic heterocycles. The van der Waals surface area contributed by atoms with Crippen LogP contribution in [-0.4, -0.2) is 23.4 Å². The first-order valence-corrected chi connectivity index (χ1v) is 16.3. The second kappa shape index (κ2) is 10.0. The average molecular weight is 421 g/mol. The number of aromatic nitrogens is 1. The maximum atomic E-state index is 13.4. The first-order valence-electron chi connectivity index (χ1n) is 8.41. The van der Waals surface area contributed by atoms with E-state index in [-0.39, 0.29) is 5.02 Å². The van der Waals surface area contributed by atoms with Crippen molar-refractivity contribution in [3.63, 3.8) is 0 Å². The Kier molecular flexibility index (Phi) is 9.19. The molecule has 1 aromatic heterocycles. The summed E-state index contributed by atoms with van der Waals surface area (Å²) in [6.45, 7) is 6.77. The summed E-state index contributed by atoms with van der Waals surface area (Å²) in [7, 11) is 0. The third-order valence-corrected chi connectivity index (χ3v) is 20.2.